The maximum absolute atomic E-state index is 13.3. The first kappa shape index (κ1) is 23.5. The standard InChI is InChI=1S/C25H34N2O3/c1-6-7-12-26-25(29)20(4)27(17-21-8-10-23(30-5)11-9-21)24(28)16-22-14-18(2)13-19(3)15-22/h8-11,13-15,20H,6-7,12,16-17H2,1-5H3,(H,26,29)/t20-/m0/s1. The van der Waals surface area contributed by atoms with Crippen LogP contribution in [0.3, 0.4) is 0 Å². The van der Waals surface area contributed by atoms with Crippen molar-refractivity contribution in [3.63, 3.8) is 0 Å². The molecular weight excluding hydrogens is 376 g/mol. The van der Waals surface area contributed by atoms with Gasteiger partial charge < -0.3 is 15.0 Å². The summed E-state index contributed by atoms with van der Waals surface area (Å²) in [6, 6.07) is 13.2. The smallest absolute Gasteiger partial charge is 0.242 e. The number of hydrogen-bond acceptors (Lipinski definition) is 3. The zero-order valence-corrected chi connectivity index (χ0v) is 18.8. The molecule has 5 nitrogen and oxygen atoms in total. The average Bonchev–Trinajstić information content (AvgIpc) is 2.71. The third kappa shape index (κ3) is 6.90. The monoisotopic (exact) mass is 410 g/mol. The van der Waals surface area contributed by atoms with E-state index in [9.17, 15) is 9.59 Å². The van der Waals surface area contributed by atoms with Crippen LogP contribution in [0.25, 0.3) is 0 Å². The van der Waals surface area contributed by atoms with Crippen LogP contribution in [-0.4, -0.2) is 36.4 Å². The van der Waals surface area contributed by atoms with E-state index < -0.39 is 6.04 Å². The van der Waals surface area contributed by atoms with E-state index in [1.807, 2.05) is 50.2 Å². The van der Waals surface area contributed by atoms with Crippen LogP contribution in [0.1, 0.15) is 48.9 Å². The molecular formula is C25H34N2O3. The van der Waals surface area contributed by atoms with E-state index in [-0.39, 0.29) is 18.2 Å². The molecule has 0 aromatic heterocycles. The highest BCUT2D eigenvalue weighted by atomic mass is 16.5. The summed E-state index contributed by atoms with van der Waals surface area (Å²) in [5, 5.41) is 2.95. The molecule has 30 heavy (non-hydrogen) atoms. The Morgan fingerprint density at radius 2 is 1.67 bits per heavy atom. The Morgan fingerprint density at radius 3 is 2.23 bits per heavy atom. The quantitative estimate of drug-likeness (QED) is 0.598. The van der Waals surface area contributed by atoms with Crippen molar-refractivity contribution in [2.45, 2.75) is 59.5 Å². The van der Waals surface area contributed by atoms with Crippen molar-refractivity contribution in [3.8, 4) is 5.75 Å². The number of amides is 2. The zero-order valence-electron chi connectivity index (χ0n) is 18.8. The summed E-state index contributed by atoms with van der Waals surface area (Å²) in [5.41, 5.74) is 4.18. The molecule has 0 spiro atoms. The van der Waals surface area contributed by atoms with Gasteiger partial charge in [0.05, 0.1) is 13.5 Å². The summed E-state index contributed by atoms with van der Waals surface area (Å²) in [4.78, 5) is 27.6. The highest BCUT2D eigenvalue weighted by Crippen LogP contribution is 2.17. The first-order chi connectivity index (χ1) is 14.3. The highest BCUT2D eigenvalue weighted by molar-refractivity contribution is 5.88. The van der Waals surface area contributed by atoms with Gasteiger partial charge in [-0.3, -0.25) is 9.59 Å². The number of rotatable bonds is 10. The first-order valence-corrected chi connectivity index (χ1v) is 10.6. The predicted molar refractivity (Wildman–Crippen MR) is 121 cm³/mol. The van der Waals surface area contributed by atoms with Crippen LogP contribution in [-0.2, 0) is 22.6 Å². The topological polar surface area (TPSA) is 58.6 Å². The van der Waals surface area contributed by atoms with Crippen LogP contribution in [0.2, 0.25) is 0 Å². The predicted octanol–water partition coefficient (Wildman–Crippen LogP) is 4.19. The van der Waals surface area contributed by atoms with Gasteiger partial charge in [-0.05, 0) is 50.5 Å². The van der Waals surface area contributed by atoms with E-state index in [4.69, 9.17) is 4.74 Å². The number of carbonyl (C=O) groups excluding carboxylic acids is 2. The van der Waals surface area contributed by atoms with E-state index in [2.05, 4.69) is 18.3 Å². The Balaban J connectivity index is 2.21. The minimum Gasteiger partial charge on any atom is -0.497 e. The first-order valence-electron chi connectivity index (χ1n) is 10.6. The molecule has 0 aliphatic carbocycles. The van der Waals surface area contributed by atoms with Gasteiger partial charge in [-0.25, -0.2) is 0 Å². The van der Waals surface area contributed by atoms with E-state index >= 15 is 0 Å². The molecule has 0 radical (unpaired) electrons. The number of benzene rings is 2. The fraction of sp³-hybridized carbons (Fsp3) is 0.440. The molecule has 2 aromatic rings. The maximum atomic E-state index is 13.3. The van der Waals surface area contributed by atoms with E-state index in [1.165, 1.54) is 0 Å². The lowest BCUT2D eigenvalue weighted by Gasteiger charge is -2.29. The second kappa shape index (κ2) is 11.4. The number of carbonyl (C=O) groups is 2. The molecule has 0 aliphatic heterocycles. The van der Waals surface area contributed by atoms with Gasteiger partial charge in [0.25, 0.3) is 0 Å². The van der Waals surface area contributed by atoms with Gasteiger partial charge in [0.1, 0.15) is 11.8 Å². The van der Waals surface area contributed by atoms with E-state index in [0.29, 0.717) is 13.1 Å². The largest absolute Gasteiger partial charge is 0.497 e. The van der Waals surface area contributed by atoms with Crippen LogP contribution in [0.5, 0.6) is 5.75 Å². The SMILES string of the molecule is CCCCNC(=O)[C@H](C)N(Cc1ccc(OC)cc1)C(=O)Cc1cc(C)cc(C)c1. The summed E-state index contributed by atoms with van der Waals surface area (Å²) in [7, 11) is 1.62. The van der Waals surface area contributed by atoms with Crippen LogP contribution < -0.4 is 10.1 Å². The van der Waals surface area contributed by atoms with Crippen LogP contribution in [0.15, 0.2) is 42.5 Å². The molecule has 1 N–H and O–H groups in total. The molecule has 162 valence electrons. The molecule has 2 aromatic carbocycles. The molecule has 0 unspecified atom stereocenters. The van der Waals surface area contributed by atoms with Gasteiger partial charge in [-0.15, -0.1) is 0 Å². The molecule has 0 saturated heterocycles. The second-order valence-electron chi connectivity index (χ2n) is 7.86. The molecule has 0 aliphatic rings. The fourth-order valence-corrected chi connectivity index (χ4v) is 3.49. The minimum atomic E-state index is -0.553. The maximum Gasteiger partial charge on any atom is 0.242 e. The number of nitrogens with one attached hydrogen (secondary N) is 1. The highest BCUT2D eigenvalue weighted by Gasteiger charge is 2.26. The lowest BCUT2D eigenvalue weighted by molar-refractivity contribution is -0.140. The molecule has 0 fully saturated rings. The Kier molecular flexibility index (Phi) is 8.90. The van der Waals surface area contributed by atoms with Crippen LogP contribution >= 0.6 is 0 Å². The van der Waals surface area contributed by atoms with Crippen molar-refractivity contribution < 1.29 is 14.3 Å². The van der Waals surface area contributed by atoms with Crippen molar-refractivity contribution in [2.24, 2.45) is 0 Å². The summed E-state index contributed by atoms with van der Waals surface area (Å²) in [5.74, 6) is 0.580. The molecule has 1 atom stereocenters. The third-order valence-corrected chi connectivity index (χ3v) is 5.15. The molecule has 0 heterocycles. The van der Waals surface area contributed by atoms with Gasteiger partial charge in [0, 0.05) is 13.1 Å². The summed E-state index contributed by atoms with van der Waals surface area (Å²) in [6.07, 6.45) is 2.20. The number of ether oxygens (including phenoxy) is 1. The number of methoxy groups -OCH3 is 1. The summed E-state index contributed by atoms with van der Waals surface area (Å²) >= 11 is 0. The lowest BCUT2D eigenvalue weighted by Crippen LogP contribution is -2.48. The Morgan fingerprint density at radius 1 is 1.03 bits per heavy atom. The second-order valence-corrected chi connectivity index (χ2v) is 7.86. The Bertz CT molecular complexity index is 826. The Labute approximate surface area is 180 Å². The van der Waals surface area contributed by atoms with Gasteiger partial charge >= 0.3 is 0 Å². The molecule has 0 saturated carbocycles. The van der Waals surface area contributed by atoms with Gasteiger partial charge in [-0.2, -0.15) is 0 Å². The summed E-state index contributed by atoms with van der Waals surface area (Å²) in [6.45, 7) is 8.93. The third-order valence-electron chi connectivity index (χ3n) is 5.15. The molecule has 2 amide bonds. The van der Waals surface area contributed by atoms with Crippen molar-refractivity contribution >= 4 is 11.8 Å². The van der Waals surface area contributed by atoms with Crippen molar-refractivity contribution in [1.29, 1.82) is 0 Å². The number of unbranched alkanes of at least 4 members (excludes halogenated alkanes) is 1. The zero-order chi connectivity index (χ0) is 22.1. The van der Waals surface area contributed by atoms with Crippen molar-refractivity contribution in [2.75, 3.05) is 13.7 Å². The van der Waals surface area contributed by atoms with Crippen molar-refractivity contribution in [1.82, 2.24) is 10.2 Å². The average molecular weight is 411 g/mol. The number of aryl methyl sites for hydroxylation is 2. The van der Waals surface area contributed by atoms with Crippen LogP contribution in [0, 0.1) is 13.8 Å². The van der Waals surface area contributed by atoms with Crippen LogP contribution in [0.4, 0.5) is 0 Å². The fourth-order valence-electron chi connectivity index (χ4n) is 3.49. The lowest BCUT2D eigenvalue weighted by atomic mass is 10.0. The van der Waals surface area contributed by atoms with E-state index in [1.54, 1.807) is 18.9 Å². The van der Waals surface area contributed by atoms with Gasteiger partial charge in [-0.1, -0.05) is 54.8 Å². The number of hydrogen-bond donors (Lipinski definition) is 1. The minimum absolute atomic E-state index is 0.0611. The summed E-state index contributed by atoms with van der Waals surface area (Å²) < 4.78 is 5.22. The molecule has 0 bridgehead atoms. The Hall–Kier alpha value is -2.82. The molecule has 5 heteroatoms. The van der Waals surface area contributed by atoms with Gasteiger partial charge in [0.15, 0.2) is 0 Å². The van der Waals surface area contributed by atoms with Crippen molar-refractivity contribution in [3.05, 3.63) is 64.7 Å². The molecule has 2 rings (SSSR count). The van der Waals surface area contributed by atoms with Gasteiger partial charge in [0.2, 0.25) is 11.8 Å². The normalized spacial score (nSPS) is 11.6. The number of nitrogens with zero attached hydrogens (tertiary/aromatic N) is 1. The van der Waals surface area contributed by atoms with E-state index in [0.717, 1.165) is 40.8 Å².